The fourth-order valence-electron chi connectivity index (χ4n) is 3.44. The van der Waals surface area contributed by atoms with Crippen LogP contribution in [0.4, 0.5) is 4.79 Å². The Bertz CT molecular complexity index is 402. The molecule has 20 heavy (non-hydrogen) atoms. The van der Waals surface area contributed by atoms with Crippen molar-refractivity contribution in [1.82, 2.24) is 9.80 Å². The molecule has 4 rings (SSSR count). The molecule has 0 aromatic carbocycles. The van der Waals surface area contributed by atoms with Gasteiger partial charge in [0.1, 0.15) is 5.60 Å². The summed E-state index contributed by atoms with van der Waals surface area (Å²) in [5.74, 6) is 0. The standard InChI is InChI=1S/C14H24N2O4/c1-13(2,3)20-12(17)16-6-5-10-11(14(16,4)19-10)15-7-8-18-9-15/h10-11H,5-9H2,1-4H3. The Morgan fingerprint density at radius 1 is 1.35 bits per heavy atom. The van der Waals surface area contributed by atoms with Gasteiger partial charge in [0, 0.05) is 13.1 Å². The van der Waals surface area contributed by atoms with Crippen LogP contribution in [-0.2, 0) is 14.2 Å². The number of nitrogens with zero attached hydrogens (tertiary/aromatic N) is 2. The van der Waals surface area contributed by atoms with E-state index in [2.05, 4.69) is 4.90 Å². The Morgan fingerprint density at radius 2 is 2.10 bits per heavy atom. The first-order valence-corrected chi connectivity index (χ1v) is 7.31. The first-order valence-electron chi connectivity index (χ1n) is 7.31. The Hall–Kier alpha value is -0.850. The summed E-state index contributed by atoms with van der Waals surface area (Å²) < 4.78 is 16.9. The second-order valence-electron chi connectivity index (χ2n) is 6.93. The molecule has 0 aromatic rings. The molecule has 6 heteroatoms. The number of ether oxygens (including phenoxy) is 3. The first kappa shape index (κ1) is 14.1. The molecular weight excluding hydrogens is 260 g/mol. The third-order valence-corrected chi connectivity index (χ3v) is 4.25. The molecule has 114 valence electrons. The van der Waals surface area contributed by atoms with E-state index in [1.54, 1.807) is 4.90 Å². The average molecular weight is 284 g/mol. The van der Waals surface area contributed by atoms with Crippen molar-refractivity contribution in [3.63, 3.8) is 0 Å². The van der Waals surface area contributed by atoms with Gasteiger partial charge in [-0.15, -0.1) is 0 Å². The predicted octanol–water partition coefficient (Wildman–Crippen LogP) is 1.40. The van der Waals surface area contributed by atoms with Gasteiger partial charge in [0.05, 0.1) is 25.5 Å². The third kappa shape index (κ3) is 2.19. The highest BCUT2D eigenvalue weighted by atomic mass is 16.6. The Labute approximate surface area is 119 Å². The number of fused-ring (bicyclic) bond motifs is 2. The monoisotopic (exact) mass is 284 g/mol. The lowest BCUT2D eigenvalue weighted by molar-refractivity contribution is -0.338. The molecule has 0 saturated carbocycles. The van der Waals surface area contributed by atoms with E-state index in [4.69, 9.17) is 14.2 Å². The predicted molar refractivity (Wildman–Crippen MR) is 72.1 cm³/mol. The largest absolute Gasteiger partial charge is 0.444 e. The van der Waals surface area contributed by atoms with Crippen LogP contribution in [0.5, 0.6) is 0 Å². The highest BCUT2D eigenvalue weighted by Gasteiger charge is 2.63. The van der Waals surface area contributed by atoms with Gasteiger partial charge < -0.3 is 14.2 Å². The quantitative estimate of drug-likeness (QED) is 0.728. The number of piperidine rings is 1. The lowest BCUT2D eigenvalue weighted by Crippen LogP contribution is -2.80. The van der Waals surface area contributed by atoms with Gasteiger partial charge in [0.25, 0.3) is 0 Å². The van der Waals surface area contributed by atoms with Crippen LogP contribution in [0.25, 0.3) is 0 Å². The lowest BCUT2D eigenvalue weighted by atomic mass is 9.83. The minimum Gasteiger partial charge on any atom is -0.444 e. The van der Waals surface area contributed by atoms with E-state index < -0.39 is 11.3 Å². The first-order chi connectivity index (χ1) is 9.31. The molecule has 0 radical (unpaired) electrons. The SMILES string of the molecule is CC(C)(C)OC(=O)N1CCC2OC1(C)C2N1CCOC1. The highest BCUT2D eigenvalue weighted by molar-refractivity contribution is 5.69. The van der Waals surface area contributed by atoms with E-state index >= 15 is 0 Å². The van der Waals surface area contributed by atoms with Crippen LogP contribution in [-0.4, -0.2) is 65.8 Å². The van der Waals surface area contributed by atoms with Crippen molar-refractivity contribution in [3.8, 4) is 0 Å². The van der Waals surface area contributed by atoms with E-state index in [9.17, 15) is 4.79 Å². The molecule has 4 aliphatic heterocycles. The lowest BCUT2D eigenvalue weighted by Gasteiger charge is -2.63. The molecule has 1 amide bonds. The summed E-state index contributed by atoms with van der Waals surface area (Å²) in [5.41, 5.74) is -1.07. The van der Waals surface area contributed by atoms with Gasteiger partial charge in [0.15, 0.2) is 5.72 Å². The van der Waals surface area contributed by atoms with Crippen molar-refractivity contribution in [2.24, 2.45) is 0 Å². The van der Waals surface area contributed by atoms with Gasteiger partial charge in [0.2, 0.25) is 0 Å². The molecule has 0 aromatic heterocycles. The minimum atomic E-state index is -0.584. The molecule has 3 unspecified atom stereocenters. The topological polar surface area (TPSA) is 51.2 Å². The van der Waals surface area contributed by atoms with Crippen molar-refractivity contribution in [1.29, 1.82) is 0 Å². The van der Waals surface area contributed by atoms with Crippen LogP contribution in [0.1, 0.15) is 34.1 Å². The van der Waals surface area contributed by atoms with Crippen LogP contribution in [0.2, 0.25) is 0 Å². The van der Waals surface area contributed by atoms with Crippen molar-refractivity contribution in [2.45, 2.75) is 57.6 Å². The van der Waals surface area contributed by atoms with E-state index in [0.717, 1.165) is 19.6 Å². The second-order valence-corrected chi connectivity index (χ2v) is 6.93. The van der Waals surface area contributed by atoms with Crippen molar-refractivity contribution in [2.75, 3.05) is 26.4 Å². The molecule has 0 aliphatic carbocycles. The Kier molecular flexibility index (Phi) is 3.23. The maximum Gasteiger partial charge on any atom is 0.412 e. The number of rotatable bonds is 1. The van der Waals surface area contributed by atoms with E-state index in [1.807, 2.05) is 27.7 Å². The molecule has 6 nitrogen and oxygen atoms in total. The number of amides is 1. The molecule has 4 heterocycles. The van der Waals surface area contributed by atoms with Gasteiger partial charge >= 0.3 is 6.09 Å². The van der Waals surface area contributed by atoms with Crippen LogP contribution >= 0.6 is 0 Å². The van der Waals surface area contributed by atoms with Crippen molar-refractivity contribution >= 4 is 6.09 Å². The number of hydrogen-bond donors (Lipinski definition) is 0. The maximum atomic E-state index is 12.4. The molecule has 4 aliphatic rings. The van der Waals surface area contributed by atoms with Crippen LogP contribution < -0.4 is 0 Å². The van der Waals surface area contributed by atoms with E-state index in [1.165, 1.54) is 0 Å². The van der Waals surface area contributed by atoms with Gasteiger partial charge in [-0.1, -0.05) is 0 Å². The van der Waals surface area contributed by atoms with Crippen molar-refractivity contribution < 1.29 is 19.0 Å². The number of hydrogen-bond acceptors (Lipinski definition) is 5. The summed E-state index contributed by atoms with van der Waals surface area (Å²) in [5, 5.41) is 0. The molecule has 4 fully saturated rings. The zero-order valence-corrected chi connectivity index (χ0v) is 12.7. The fraction of sp³-hybridized carbons (Fsp3) is 0.929. The Balaban J connectivity index is 1.74. The molecule has 0 spiro atoms. The summed E-state index contributed by atoms with van der Waals surface area (Å²) in [6.45, 7) is 10.6. The summed E-state index contributed by atoms with van der Waals surface area (Å²) >= 11 is 0. The van der Waals surface area contributed by atoms with Crippen LogP contribution in [0, 0.1) is 0 Å². The maximum absolute atomic E-state index is 12.4. The van der Waals surface area contributed by atoms with Crippen LogP contribution in [0.3, 0.4) is 0 Å². The van der Waals surface area contributed by atoms with E-state index in [-0.39, 0.29) is 18.2 Å². The van der Waals surface area contributed by atoms with Gasteiger partial charge in [-0.05, 0) is 34.1 Å². The van der Waals surface area contributed by atoms with Gasteiger partial charge in [-0.3, -0.25) is 9.80 Å². The smallest absolute Gasteiger partial charge is 0.412 e. The molecule has 3 atom stereocenters. The number of carbonyl (C=O) groups is 1. The third-order valence-electron chi connectivity index (χ3n) is 4.25. The zero-order chi connectivity index (χ0) is 14.5. The van der Waals surface area contributed by atoms with E-state index in [0.29, 0.717) is 13.3 Å². The summed E-state index contributed by atoms with van der Waals surface area (Å²) in [4.78, 5) is 16.4. The second kappa shape index (κ2) is 4.58. The molecule has 0 N–H and O–H groups in total. The summed E-state index contributed by atoms with van der Waals surface area (Å²) in [6.07, 6.45) is 0.777. The van der Waals surface area contributed by atoms with Gasteiger partial charge in [-0.2, -0.15) is 0 Å². The summed E-state index contributed by atoms with van der Waals surface area (Å²) in [7, 11) is 0. The molecular formula is C14H24N2O4. The minimum absolute atomic E-state index is 0.209. The summed E-state index contributed by atoms with van der Waals surface area (Å²) in [6, 6.07) is 0.214. The van der Waals surface area contributed by atoms with Crippen molar-refractivity contribution in [3.05, 3.63) is 0 Å². The Morgan fingerprint density at radius 3 is 2.70 bits per heavy atom. The number of carbonyl (C=O) groups excluding carboxylic acids is 1. The zero-order valence-electron chi connectivity index (χ0n) is 12.7. The van der Waals surface area contributed by atoms with Crippen LogP contribution in [0.15, 0.2) is 0 Å². The fourth-order valence-corrected chi connectivity index (χ4v) is 3.44. The molecule has 4 saturated heterocycles. The average Bonchev–Trinajstić information content (AvgIpc) is 2.79. The normalized spacial score (nSPS) is 37.7. The highest BCUT2D eigenvalue weighted by Crippen LogP contribution is 2.46. The molecule has 2 bridgehead atoms. The van der Waals surface area contributed by atoms with Gasteiger partial charge in [-0.25, -0.2) is 4.79 Å².